The number of aryl methyl sites for hydroxylation is 2. The summed E-state index contributed by atoms with van der Waals surface area (Å²) < 4.78 is 0. The predicted molar refractivity (Wildman–Crippen MR) is 101 cm³/mol. The van der Waals surface area contributed by atoms with Crippen molar-refractivity contribution in [1.82, 2.24) is 4.90 Å². The molecule has 0 radical (unpaired) electrons. The van der Waals surface area contributed by atoms with Crippen LogP contribution < -0.4 is 0 Å². The number of carbonyl (C=O) groups is 1. The number of nitrogens with zero attached hydrogens (tertiary/aromatic N) is 1. The minimum Gasteiger partial charge on any atom is -0.303 e. The molecule has 0 N–H and O–H groups in total. The molecule has 2 aromatic carbocycles. The van der Waals surface area contributed by atoms with E-state index in [0.717, 1.165) is 45.2 Å². The fourth-order valence-electron chi connectivity index (χ4n) is 3.02. The Morgan fingerprint density at radius 1 is 1.00 bits per heavy atom. The van der Waals surface area contributed by atoms with Gasteiger partial charge in [-0.15, -0.1) is 0 Å². The summed E-state index contributed by atoms with van der Waals surface area (Å²) in [6.45, 7) is 7.43. The van der Waals surface area contributed by atoms with Gasteiger partial charge in [-0.05, 0) is 50.4 Å². The number of hydrogen-bond donors (Lipinski definition) is 0. The van der Waals surface area contributed by atoms with E-state index < -0.39 is 0 Å². The van der Waals surface area contributed by atoms with E-state index >= 15 is 0 Å². The standard InChI is InChI=1S/C13H17NO.C9H12/c15-11-13-6-8-14(9-7-13)10-12-4-2-1-3-5-12;1-3-9-6-4-5-8(2)7-9/h1-5,11,13H,6-10H2;4-7H,3H2,1-2H3. The van der Waals surface area contributed by atoms with Crippen LogP contribution in [0.5, 0.6) is 0 Å². The Hall–Kier alpha value is -1.93. The van der Waals surface area contributed by atoms with Gasteiger partial charge in [0, 0.05) is 12.5 Å². The minimum absolute atomic E-state index is 0.303. The third-order valence-corrected chi connectivity index (χ3v) is 4.56. The van der Waals surface area contributed by atoms with E-state index in [1.807, 2.05) is 6.07 Å². The van der Waals surface area contributed by atoms with Gasteiger partial charge in [0.05, 0.1) is 0 Å². The molecule has 1 heterocycles. The SMILES string of the molecule is CCc1cccc(C)c1.O=CC1CCN(Cc2ccccc2)CC1. The monoisotopic (exact) mass is 323 g/mol. The predicted octanol–water partition coefficient (Wildman–Crippen LogP) is 4.65. The van der Waals surface area contributed by atoms with Crippen LogP contribution in [0, 0.1) is 12.8 Å². The first-order valence-electron chi connectivity index (χ1n) is 8.98. The first-order chi connectivity index (χ1) is 11.7. The number of hydrogen-bond acceptors (Lipinski definition) is 2. The second-order valence-corrected chi connectivity index (χ2v) is 6.58. The van der Waals surface area contributed by atoms with Gasteiger partial charge in [0.2, 0.25) is 0 Å². The summed E-state index contributed by atoms with van der Waals surface area (Å²) in [7, 11) is 0. The van der Waals surface area contributed by atoms with Crippen molar-refractivity contribution in [2.24, 2.45) is 5.92 Å². The number of rotatable bonds is 4. The first kappa shape index (κ1) is 18.4. The quantitative estimate of drug-likeness (QED) is 0.763. The van der Waals surface area contributed by atoms with Gasteiger partial charge in [-0.2, -0.15) is 0 Å². The van der Waals surface area contributed by atoms with Crippen LogP contribution in [0.4, 0.5) is 0 Å². The summed E-state index contributed by atoms with van der Waals surface area (Å²) in [5, 5.41) is 0. The highest BCUT2D eigenvalue weighted by Crippen LogP contribution is 2.16. The van der Waals surface area contributed by atoms with Crippen LogP contribution >= 0.6 is 0 Å². The van der Waals surface area contributed by atoms with E-state index in [4.69, 9.17) is 0 Å². The number of carbonyl (C=O) groups excluding carboxylic acids is 1. The maximum absolute atomic E-state index is 10.6. The van der Waals surface area contributed by atoms with Crippen LogP contribution in [0.1, 0.15) is 36.5 Å². The minimum atomic E-state index is 0.303. The number of piperidine rings is 1. The first-order valence-corrected chi connectivity index (χ1v) is 8.98. The molecule has 0 unspecified atom stereocenters. The highest BCUT2D eigenvalue weighted by atomic mass is 16.1. The Bertz CT molecular complexity index is 600. The van der Waals surface area contributed by atoms with Gasteiger partial charge in [-0.25, -0.2) is 0 Å². The maximum Gasteiger partial charge on any atom is 0.123 e. The summed E-state index contributed by atoms with van der Waals surface area (Å²) in [6.07, 6.45) is 4.30. The molecule has 3 rings (SSSR count). The van der Waals surface area contributed by atoms with Gasteiger partial charge < -0.3 is 4.79 Å². The molecule has 128 valence electrons. The van der Waals surface area contributed by atoms with E-state index in [9.17, 15) is 4.79 Å². The molecule has 0 spiro atoms. The molecule has 0 aliphatic carbocycles. The Morgan fingerprint density at radius 3 is 2.21 bits per heavy atom. The summed E-state index contributed by atoms with van der Waals surface area (Å²) in [4.78, 5) is 13.0. The van der Waals surface area contributed by atoms with Crippen molar-refractivity contribution in [3.63, 3.8) is 0 Å². The second kappa shape index (κ2) is 10.0. The lowest BCUT2D eigenvalue weighted by molar-refractivity contribution is -0.112. The molecule has 1 aliphatic rings. The summed E-state index contributed by atoms with van der Waals surface area (Å²) >= 11 is 0. The van der Waals surface area contributed by atoms with Crippen molar-refractivity contribution < 1.29 is 4.79 Å². The van der Waals surface area contributed by atoms with Crippen LogP contribution in [0.3, 0.4) is 0 Å². The fourth-order valence-corrected chi connectivity index (χ4v) is 3.02. The van der Waals surface area contributed by atoms with Crippen molar-refractivity contribution >= 4 is 6.29 Å². The molecule has 0 atom stereocenters. The highest BCUT2D eigenvalue weighted by molar-refractivity contribution is 5.53. The topological polar surface area (TPSA) is 20.3 Å². The van der Waals surface area contributed by atoms with Gasteiger partial charge in [-0.3, -0.25) is 4.90 Å². The van der Waals surface area contributed by atoms with Crippen LogP contribution in [0.25, 0.3) is 0 Å². The Kier molecular flexibility index (Phi) is 7.70. The van der Waals surface area contributed by atoms with Crippen molar-refractivity contribution in [3.05, 3.63) is 71.3 Å². The van der Waals surface area contributed by atoms with E-state index in [2.05, 4.69) is 67.3 Å². The summed E-state index contributed by atoms with van der Waals surface area (Å²) in [5.74, 6) is 0.303. The molecule has 2 heteroatoms. The van der Waals surface area contributed by atoms with E-state index in [-0.39, 0.29) is 0 Å². The Balaban J connectivity index is 0.000000198. The smallest absolute Gasteiger partial charge is 0.123 e. The third kappa shape index (κ3) is 6.29. The van der Waals surface area contributed by atoms with E-state index in [1.165, 1.54) is 16.7 Å². The average Bonchev–Trinajstić information content (AvgIpc) is 2.64. The van der Waals surface area contributed by atoms with Gasteiger partial charge in [0.15, 0.2) is 0 Å². The maximum atomic E-state index is 10.6. The van der Waals surface area contributed by atoms with Gasteiger partial charge in [0.25, 0.3) is 0 Å². The zero-order valence-corrected chi connectivity index (χ0v) is 14.9. The molecule has 0 saturated carbocycles. The molecule has 2 aromatic rings. The zero-order valence-electron chi connectivity index (χ0n) is 14.9. The Morgan fingerprint density at radius 2 is 1.67 bits per heavy atom. The van der Waals surface area contributed by atoms with Gasteiger partial charge in [0.1, 0.15) is 6.29 Å². The normalized spacial score (nSPS) is 15.4. The molecule has 0 amide bonds. The largest absolute Gasteiger partial charge is 0.303 e. The van der Waals surface area contributed by atoms with Gasteiger partial charge in [-0.1, -0.05) is 67.1 Å². The molecule has 2 nitrogen and oxygen atoms in total. The lowest BCUT2D eigenvalue weighted by Gasteiger charge is -2.29. The van der Waals surface area contributed by atoms with Crippen LogP contribution in [0.2, 0.25) is 0 Å². The number of aldehydes is 1. The van der Waals surface area contributed by atoms with Crippen molar-refractivity contribution in [3.8, 4) is 0 Å². The number of benzene rings is 2. The van der Waals surface area contributed by atoms with Gasteiger partial charge >= 0.3 is 0 Å². The average molecular weight is 323 g/mol. The zero-order chi connectivity index (χ0) is 17.2. The van der Waals surface area contributed by atoms with E-state index in [0.29, 0.717) is 5.92 Å². The molecule has 1 fully saturated rings. The van der Waals surface area contributed by atoms with Crippen LogP contribution in [-0.2, 0) is 17.8 Å². The third-order valence-electron chi connectivity index (χ3n) is 4.56. The molecule has 0 bridgehead atoms. The molecule has 24 heavy (non-hydrogen) atoms. The van der Waals surface area contributed by atoms with E-state index in [1.54, 1.807) is 0 Å². The molecule has 1 saturated heterocycles. The van der Waals surface area contributed by atoms with Crippen molar-refractivity contribution in [1.29, 1.82) is 0 Å². The van der Waals surface area contributed by atoms with Crippen molar-refractivity contribution in [2.75, 3.05) is 13.1 Å². The molecular weight excluding hydrogens is 294 g/mol. The van der Waals surface area contributed by atoms with Crippen LogP contribution in [-0.4, -0.2) is 24.3 Å². The second-order valence-electron chi connectivity index (χ2n) is 6.58. The fraction of sp³-hybridized carbons (Fsp3) is 0.409. The lowest BCUT2D eigenvalue weighted by Crippen LogP contribution is -2.33. The highest BCUT2D eigenvalue weighted by Gasteiger charge is 2.18. The van der Waals surface area contributed by atoms with Crippen molar-refractivity contribution in [2.45, 2.75) is 39.7 Å². The molecule has 0 aromatic heterocycles. The Labute approximate surface area is 146 Å². The number of likely N-dealkylation sites (tertiary alicyclic amines) is 1. The summed E-state index contributed by atoms with van der Waals surface area (Å²) in [6, 6.07) is 19.1. The molecular formula is C22H29NO. The van der Waals surface area contributed by atoms with Crippen LogP contribution in [0.15, 0.2) is 54.6 Å². The summed E-state index contributed by atoms with van der Waals surface area (Å²) in [5.41, 5.74) is 4.14. The molecule has 1 aliphatic heterocycles. The lowest BCUT2D eigenvalue weighted by atomic mass is 9.98.